The van der Waals surface area contributed by atoms with Crippen LogP contribution in [0, 0.1) is 6.92 Å². The summed E-state index contributed by atoms with van der Waals surface area (Å²) in [6.45, 7) is 1.78. The van der Waals surface area contributed by atoms with Crippen LogP contribution in [0.5, 0.6) is 0 Å². The number of benzene rings is 1. The van der Waals surface area contributed by atoms with E-state index in [-0.39, 0.29) is 5.91 Å². The van der Waals surface area contributed by atoms with Crippen molar-refractivity contribution in [1.82, 2.24) is 9.38 Å². The first-order valence-electron chi connectivity index (χ1n) is 7.13. The van der Waals surface area contributed by atoms with Gasteiger partial charge in [0.25, 0.3) is 5.91 Å². The summed E-state index contributed by atoms with van der Waals surface area (Å²) in [6.07, 6.45) is 1.79. The second-order valence-electron chi connectivity index (χ2n) is 5.15. The van der Waals surface area contributed by atoms with Gasteiger partial charge in [-0.05, 0) is 53.2 Å². The minimum absolute atomic E-state index is 0.305. The lowest BCUT2D eigenvalue weighted by Gasteiger charge is -2.07. The lowest BCUT2D eigenvalue weighted by molar-refractivity contribution is 0.0600. The summed E-state index contributed by atoms with van der Waals surface area (Å²) in [5, 5.41) is 2.79. The first kappa shape index (κ1) is 16.2. The van der Waals surface area contributed by atoms with Crippen LogP contribution >= 0.6 is 15.9 Å². The Morgan fingerprint density at radius 3 is 2.79 bits per heavy atom. The van der Waals surface area contributed by atoms with Crippen LogP contribution in [0.15, 0.2) is 47.1 Å². The van der Waals surface area contributed by atoms with Crippen molar-refractivity contribution in [3.05, 3.63) is 64.0 Å². The normalized spacial score (nSPS) is 10.6. The van der Waals surface area contributed by atoms with Gasteiger partial charge in [0.2, 0.25) is 0 Å². The van der Waals surface area contributed by atoms with E-state index < -0.39 is 5.97 Å². The zero-order valence-electron chi connectivity index (χ0n) is 13.0. The van der Waals surface area contributed by atoms with Gasteiger partial charge >= 0.3 is 5.97 Å². The van der Waals surface area contributed by atoms with Crippen LogP contribution in [0.2, 0.25) is 0 Å². The number of anilines is 1. The molecule has 0 aliphatic rings. The van der Waals surface area contributed by atoms with Crippen LogP contribution in [-0.4, -0.2) is 28.4 Å². The molecule has 6 nitrogen and oxygen atoms in total. The number of esters is 1. The molecule has 0 fully saturated rings. The summed E-state index contributed by atoms with van der Waals surface area (Å²) in [4.78, 5) is 28.6. The molecule has 0 spiro atoms. The number of carbonyl (C=O) groups excluding carboxylic acids is 2. The fourth-order valence-electron chi connectivity index (χ4n) is 2.44. The summed E-state index contributed by atoms with van der Waals surface area (Å²) < 4.78 is 7.25. The highest BCUT2D eigenvalue weighted by atomic mass is 79.9. The molecule has 0 saturated carbocycles. The summed E-state index contributed by atoms with van der Waals surface area (Å²) in [6, 6.07) is 10.3. The molecule has 3 rings (SSSR count). The maximum Gasteiger partial charge on any atom is 0.337 e. The number of hydrogen-bond acceptors (Lipinski definition) is 4. The largest absolute Gasteiger partial charge is 0.465 e. The molecule has 2 heterocycles. The summed E-state index contributed by atoms with van der Waals surface area (Å²) in [7, 11) is 1.31. The average Bonchev–Trinajstić information content (AvgIpc) is 2.89. The van der Waals surface area contributed by atoms with Crippen molar-refractivity contribution in [3.8, 4) is 0 Å². The van der Waals surface area contributed by atoms with Gasteiger partial charge in [0.15, 0.2) is 0 Å². The molecule has 0 bridgehead atoms. The maximum atomic E-state index is 12.7. The van der Waals surface area contributed by atoms with E-state index in [1.54, 1.807) is 41.8 Å². The Morgan fingerprint density at radius 2 is 2.04 bits per heavy atom. The summed E-state index contributed by atoms with van der Waals surface area (Å²) in [5.41, 5.74) is 2.62. The minimum atomic E-state index is -0.457. The number of imidazole rings is 1. The van der Waals surface area contributed by atoms with Gasteiger partial charge in [-0.15, -0.1) is 0 Å². The SMILES string of the molecule is COC(=O)c1cccc(NC(=O)c2c(C)nc3ccc(Br)cn23)c1. The molecule has 24 heavy (non-hydrogen) atoms. The van der Waals surface area contributed by atoms with E-state index in [1.165, 1.54) is 7.11 Å². The number of nitrogens with one attached hydrogen (secondary N) is 1. The van der Waals surface area contributed by atoms with E-state index >= 15 is 0 Å². The molecule has 2 aromatic heterocycles. The zero-order chi connectivity index (χ0) is 17.3. The van der Waals surface area contributed by atoms with Gasteiger partial charge in [-0.3, -0.25) is 9.20 Å². The Bertz CT molecular complexity index is 949. The molecule has 0 radical (unpaired) electrons. The number of nitrogens with zero attached hydrogens (tertiary/aromatic N) is 2. The standard InChI is InChI=1S/C17H14BrN3O3/c1-10-15(21-9-12(18)6-7-14(21)19-10)16(22)20-13-5-3-4-11(8-13)17(23)24-2/h3-9H,1-2H3,(H,20,22). The van der Waals surface area contributed by atoms with Crippen LogP contribution in [0.1, 0.15) is 26.5 Å². The third kappa shape index (κ3) is 3.03. The number of ether oxygens (including phenoxy) is 1. The Balaban J connectivity index is 1.95. The molecule has 0 aliphatic carbocycles. The number of rotatable bonds is 3. The minimum Gasteiger partial charge on any atom is -0.465 e. The second kappa shape index (κ2) is 6.45. The molecular formula is C17H14BrN3O3. The summed E-state index contributed by atoms with van der Waals surface area (Å²) >= 11 is 3.39. The van der Waals surface area contributed by atoms with Gasteiger partial charge in [-0.25, -0.2) is 9.78 Å². The summed E-state index contributed by atoms with van der Waals surface area (Å²) in [5.74, 6) is -0.763. The number of hydrogen-bond donors (Lipinski definition) is 1. The van der Waals surface area contributed by atoms with Gasteiger partial charge in [-0.2, -0.15) is 0 Å². The van der Waals surface area contributed by atoms with E-state index in [1.807, 2.05) is 12.1 Å². The van der Waals surface area contributed by atoms with Crippen molar-refractivity contribution in [3.63, 3.8) is 0 Å². The van der Waals surface area contributed by atoms with Crippen LogP contribution in [0.25, 0.3) is 5.65 Å². The topological polar surface area (TPSA) is 72.7 Å². The molecule has 0 aliphatic heterocycles. The molecule has 7 heteroatoms. The monoisotopic (exact) mass is 387 g/mol. The Hall–Kier alpha value is -2.67. The van der Waals surface area contributed by atoms with E-state index in [0.717, 1.165) is 4.47 Å². The Kier molecular flexibility index (Phi) is 4.35. The molecule has 1 amide bonds. The van der Waals surface area contributed by atoms with Crippen LogP contribution in [0.3, 0.4) is 0 Å². The lowest BCUT2D eigenvalue weighted by Crippen LogP contribution is -2.16. The van der Waals surface area contributed by atoms with E-state index in [4.69, 9.17) is 0 Å². The van der Waals surface area contributed by atoms with E-state index in [0.29, 0.717) is 28.3 Å². The highest BCUT2D eigenvalue weighted by Crippen LogP contribution is 2.19. The first-order valence-corrected chi connectivity index (χ1v) is 7.93. The third-order valence-corrected chi connectivity index (χ3v) is 3.98. The molecule has 0 unspecified atom stereocenters. The first-order chi connectivity index (χ1) is 11.5. The predicted octanol–water partition coefficient (Wildman–Crippen LogP) is 3.44. The number of aromatic nitrogens is 2. The number of amides is 1. The number of pyridine rings is 1. The van der Waals surface area contributed by atoms with Gasteiger partial charge in [-0.1, -0.05) is 6.07 Å². The number of carbonyl (C=O) groups is 2. The molecule has 1 aromatic carbocycles. The molecule has 0 saturated heterocycles. The molecular weight excluding hydrogens is 374 g/mol. The number of halogens is 1. The molecule has 122 valence electrons. The van der Waals surface area contributed by atoms with Crippen LogP contribution < -0.4 is 5.32 Å². The molecule has 1 N–H and O–H groups in total. The number of methoxy groups -OCH3 is 1. The van der Waals surface area contributed by atoms with Gasteiger partial charge in [0.1, 0.15) is 11.3 Å². The van der Waals surface area contributed by atoms with Gasteiger partial charge < -0.3 is 10.1 Å². The molecule has 3 aromatic rings. The average molecular weight is 388 g/mol. The van der Waals surface area contributed by atoms with Crippen LogP contribution in [-0.2, 0) is 4.74 Å². The second-order valence-corrected chi connectivity index (χ2v) is 6.06. The fourth-order valence-corrected chi connectivity index (χ4v) is 2.78. The quantitative estimate of drug-likeness (QED) is 0.698. The highest BCUT2D eigenvalue weighted by molar-refractivity contribution is 9.10. The Labute approximate surface area is 146 Å². The van der Waals surface area contributed by atoms with Gasteiger partial charge in [0, 0.05) is 16.4 Å². The zero-order valence-corrected chi connectivity index (χ0v) is 14.6. The van der Waals surface area contributed by atoms with Crippen molar-refractivity contribution in [2.45, 2.75) is 6.92 Å². The van der Waals surface area contributed by atoms with E-state index in [2.05, 4.69) is 31.0 Å². The van der Waals surface area contributed by atoms with Crippen molar-refractivity contribution in [2.24, 2.45) is 0 Å². The van der Waals surface area contributed by atoms with Crippen molar-refractivity contribution < 1.29 is 14.3 Å². The third-order valence-electron chi connectivity index (χ3n) is 3.51. The fraction of sp³-hybridized carbons (Fsp3) is 0.118. The van der Waals surface area contributed by atoms with Gasteiger partial charge in [0.05, 0.1) is 18.4 Å². The predicted molar refractivity (Wildman–Crippen MR) is 93.4 cm³/mol. The van der Waals surface area contributed by atoms with Crippen molar-refractivity contribution >= 4 is 39.1 Å². The lowest BCUT2D eigenvalue weighted by atomic mass is 10.2. The molecule has 0 atom stereocenters. The number of fused-ring (bicyclic) bond motifs is 1. The smallest absolute Gasteiger partial charge is 0.337 e. The number of aryl methyl sites for hydroxylation is 1. The van der Waals surface area contributed by atoms with Crippen molar-refractivity contribution in [2.75, 3.05) is 12.4 Å². The Morgan fingerprint density at radius 1 is 1.25 bits per heavy atom. The van der Waals surface area contributed by atoms with Crippen LogP contribution in [0.4, 0.5) is 5.69 Å². The highest BCUT2D eigenvalue weighted by Gasteiger charge is 2.17. The maximum absolute atomic E-state index is 12.7. The van der Waals surface area contributed by atoms with Crippen molar-refractivity contribution in [1.29, 1.82) is 0 Å². The van der Waals surface area contributed by atoms with E-state index in [9.17, 15) is 9.59 Å².